The summed E-state index contributed by atoms with van der Waals surface area (Å²) in [5, 5.41) is 4.23. The molecule has 3 aliphatic rings. The number of fused-ring (bicyclic) bond motifs is 5. The number of imidazole rings is 1. The number of hydrogen-bond donors (Lipinski definition) is 0. The van der Waals surface area contributed by atoms with Gasteiger partial charge in [-0.15, -0.1) is 4.98 Å². The minimum absolute atomic E-state index is 0.308. The number of quaternary nitrogens is 1. The Morgan fingerprint density at radius 2 is 2.12 bits per heavy atom. The monoisotopic (exact) mass is 331 g/mol. The largest absolute Gasteiger partial charge is 0.439 e. The van der Waals surface area contributed by atoms with Crippen LogP contribution in [0.1, 0.15) is 35.8 Å². The molecule has 2 aromatic heterocycles. The van der Waals surface area contributed by atoms with Crippen molar-refractivity contribution in [3.63, 3.8) is 0 Å². The summed E-state index contributed by atoms with van der Waals surface area (Å²) < 4.78 is 8.14. The van der Waals surface area contributed by atoms with E-state index in [9.17, 15) is 0 Å². The van der Waals surface area contributed by atoms with Crippen LogP contribution in [0.15, 0.2) is 58.7 Å². The number of nitrogens with zero attached hydrogens (tertiary/aromatic N) is 6. The second-order valence-corrected chi connectivity index (χ2v) is 6.76. The molecule has 6 rings (SSSR count). The Morgan fingerprint density at radius 1 is 1.20 bits per heavy atom. The SMILES string of the molecule is C1=C[N+]2(c3nc(C4CC4)no3)Cc3cncn3-c3ccccc3C2=N1. The first-order valence-corrected chi connectivity index (χ1v) is 8.44. The van der Waals surface area contributed by atoms with Crippen LogP contribution >= 0.6 is 0 Å². The summed E-state index contributed by atoms with van der Waals surface area (Å²) in [6.07, 6.45) is 9.89. The average Bonchev–Trinajstić information content (AvgIpc) is 3.07. The number of aliphatic imine (C=N–C) groups is 1. The van der Waals surface area contributed by atoms with Crippen LogP contribution in [0, 0.1) is 0 Å². The Hall–Kier alpha value is -3.06. The van der Waals surface area contributed by atoms with E-state index >= 15 is 0 Å². The smallest absolute Gasteiger partial charge is 0.297 e. The molecular weight excluding hydrogens is 316 g/mol. The zero-order valence-electron chi connectivity index (χ0n) is 13.4. The van der Waals surface area contributed by atoms with Gasteiger partial charge in [0.15, 0.2) is 5.82 Å². The quantitative estimate of drug-likeness (QED) is 0.677. The normalized spacial score (nSPS) is 23.6. The number of benzene rings is 1. The van der Waals surface area contributed by atoms with Crippen LogP contribution in [0.3, 0.4) is 0 Å². The van der Waals surface area contributed by atoms with E-state index in [4.69, 9.17) is 9.51 Å². The van der Waals surface area contributed by atoms with Crippen molar-refractivity contribution in [2.75, 3.05) is 0 Å². The van der Waals surface area contributed by atoms with E-state index in [1.807, 2.05) is 37.1 Å². The van der Waals surface area contributed by atoms with Gasteiger partial charge in [0.2, 0.25) is 0 Å². The summed E-state index contributed by atoms with van der Waals surface area (Å²) in [6, 6.07) is 8.80. The van der Waals surface area contributed by atoms with E-state index in [0.717, 1.165) is 41.4 Å². The number of hydrogen-bond acceptors (Lipinski definition) is 5. The van der Waals surface area contributed by atoms with E-state index in [2.05, 4.69) is 31.8 Å². The molecule has 0 saturated heterocycles. The molecule has 0 amide bonds. The van der Waals surface area contributed by atoms with Crippen LogP contribution in [-0.2, 0) is 6.54 Å². The molecule has 0 spiro atoms. The number of amidine groups is 1. The molecule has 25 heavy (non-hydrogen) atoms. The maximum Gasteiger partial charge on any atom is 0.439 e. The van der Waals surface area contributed by atoms with Crippen molar-refractivity contribution in [1.82, 2.24) is 24.2 Å². The van der Waals surface area contributed by atoms with Gasteiger partial charge in [0.1, 0.15) is 12.7 Å². The summed E-state index contributed by atoms with van der Waals surface area (Å²) in [5.74, 6) is 2.17. The fraction of sp³-hybridized carbons (Fsp3) is 0.222. The lowest BCUT2D eigenvalue weighted by Crippen LogP contribution is -2.47. The number of rotatable bonds is 2. The van der Waals surface area contributed by atoms with Crippen molar-refractivity contribution in [1.29, 1.82) is 0 Å². The van der Waals surface area contributed by atoms with Crippen molar-refractivity contribution in [2.45, 2.75) is 25.3 Å². The second-order valence-electron chi connectivity index (χ2n) is 6.76. The Morgan fingerprint density at radius 3 is 3.04 bits per heavy atom. The van der Waals surface area contributed by atoms with Gasteiger partial charge < -0.3 is 0 Å². The Balaban J connectivity index is 1.61. The molecule has 1 atom stereocenters. The van der Waals surface area contributed by atoms with E-state index in [0.29, 0.717) is 23.0 Å². The standard InChI is InChI=1S/C18H15N6O/c1-2-4-15-14(3-1)17-20-7-8-24(17,10-13-9-19-11-23(13)15)18-21-16(22-25-18)12-5-6-12/h1-4,7-9,11-12H,5-6,10H2/q+1. The molecule has 0 radical (unpaired) electrons. The number of aromatic nitrogens is 4. The van der Waals surface area contributed by atoms with Gasteiger partial charge in [0, 0.05) is 5.92 Å². The van der Waals surface area contributed by atoms with Crippen LogP contribution in [0.4, 0.5) is 6.01 Å². The van der Waals surface area contributed by atoms with E-state index < -0.39 is 0 Å². The molecule has 1 aliphatic carbocycles. The highest BCUT2D eigenvalue weighted by atomic mass is 16.5. The molecule has 122 valence electrons. The third-order valence-electron chi connectivity index (χ3n) is 5.14. The van der Waals surface area contributed by atoms with Crippen LogP contribution in [-0.4, -0.2) is 25.5 Å². The summed E-state index contributed by atoms with van der Waals surface area (Å²) in [4.78, 5) is 13.8. The van der Waals surface area contributed by atoms with Gasteiger partial charge in [-0.2, -0.15) is 9.48 Å². The Kier molecular flexibility index (Phi) is 2.39. The number of para-hydroxylation sites is 1. The summed E-state index contributed by atoms with van der Waals surface area (Å²) in [5.41, 5.74) is 3.20. The van der Waals surface area contributed by atoms with Gasteiger partial charge in [-0.3, -0.25) is 9.09 Å². The summed E-state index contributed by atoms with van der Waals surface area (Å²) in [7, 11) is 0. The fourth-order valence-electron chi connectivity index (χ4n) is 3.71. The summed E-state index contributed by atoms with van der Waals surface area (Å²) >= 11 is 0. The summed E-state index contributed by atoms with van der Waals surface area (Å²) in [6.45, 7) is 0.635. The van der Waals surface area contributed by atoms with Gasteiger partial charge in [-0.25, -0.2) is 4.98 Å². The lowest BCUT2D eigenvalue weighted by Gasteiger charge is -2.24. The Labute approximate surface area is 143 Å². The molecule has 1 saturated carbocycles. The predicted octanol–water partition coefficient (Wildman–Crippen LogP) is 2.89. The molecule has 2 aliphatic heterocycles. The molecule has 1 aromatic carbocycles. The highest BCUT2D eigenvalue weighted by molar-refractivity contribution is 6.10. The molecular formula is C18H15N6O+. The van der Waals surface area contributed by atoms with Gasteiger partial charge in [0.05, 0.1) is 35.7 Å². The molecule has 0 bridgehead atoms. The van der Waals surface area contributed by atoms with Crippen LogP contribution in [0.2, 0.25) is 0 Å². The first-order chi connectivity index (χ1) is 12.4. The third-order valence-corrected chi connectivity index (χ3v) is 5.14. The first-order valence-electron chi connectivity index (χ1n) is 8.44. The van der Waals surface area contributed by atoms with Crippen molar-refractivity contribution in [3.05, 3.63) is 66.3 Å². The highest BCUT2D eigenvalue weighted by Crippen LogP contribution is 2.41. The minimum atomic E-state index is 0.308. The lowest BCUT2D eigenvalue weighted by atomic mass is 10.1. The minimum Gasteiger partial charge on any atom is -0.297 e. The van der Waals surface area contributed by atoms with Gasteiger partial charge in [0.25, 0.3) is 5.84 Å². The molecule has 7 heteroatoms. The first kappa shape index (κ1) is 13.3. The molecule has 7 nitrogen and oxygen atoms in total. The fourth-order valence-corrected chi connectivity index (χ4v) is 3.71. The van der Waals surface area contributed by atoms with E-state index in [1.54, 1.807) is 0 Å². The maximum absolute atomic E-state index is 5.72. The molecule has 0 N–H and O–H groups in total. The average molecular weight is 331 g/mol. The maximum atomic E-state index is 5.72. The van der Waals surface area contributed by atoms with Crippen molar-refractivity contribution in [2.24, 2.45) is 4.99 Å². The van der Waals surface area contributed by atoms with Crippen LogP contribution < -0.4 is 4.48 Å². The molecule has 1 fully saturated rings. The topological polar surface area (TPSA) is 69.1 Å². The third kappa shape index (κ3) is 1.73. The van der Waals surface area contributed by atoms with Crippen molar-refractivity contribution >= 4 is 11.9 Å². The zero-order valence-corrected chi connectivity index (χ0v) is 13.4. The molecule has 3 aromatic rings. The molecule has 4 heterocycles. The zero-order chi connectivity index (χ0) is 16.4. The van der Waals surface area contributed by atoms with Gasteiger partial charge >= 0.3 is 6.01 Å². The lowest BCUT2D eigenvalue weighted by molar-refractivity contribution is 0.340. The highest BCUT2D eigenvalue weighted by Gasteiger charge is 2.48. The Bertz CT molecular complexity index is 1060. The second kappa shape index (κ2) is 4.52. The van der Waals surface area contributed by atoms with Crippen LogP contribution in [0.5, 0.6) is 0 Å². The van der Waals surface area contributed by atoms with Gasteiger partial charge in [-0.05, 0) is 25.0 Å². The van der Waals surface area contributed by atoms with Crippen molar-refractivity contribution < 1.29 is 4.52 Å². The van der Waals surface area contributed by atoms with Crippen molar-refractivity contribution in [3.8, 4) is 5.69 Å². The van der Waals surface area contributed by atoms with E-state index in [1.165, 1.54) is 0 Å². The van der Waals surface area contributed by atoms with Crippen LogP contribution in [0.25, 0.3) is 5.69 Å². The van der Waals surface area contributed by atoms with Gasteiger partial charge in [-0.1, -0.05) is 17.3 Å². The molecule has 1 unspecified atom stereocenters. The predicted molar refractivity (Wildman–Crippen MR) is 91.0 cm³/mol. The van der Waals surface area contributed by atoms with E-state index in [-0.39, 0.29) is 0 Å².